The van der Waals surface area contributed by atoms with E-state index >= 15 is 0 Å². The molecule has 1 fully saturated rings. The lowest BCUT2D eigenvalue weighted by atomic mass is 10.1. The molecule has 1 aliphatic heterocycles. The van der Waals surface area contributed by atoms with Crippen molar-refractivity contribution in [3.05, 3.63) is 64.2 Å². The number of carbonyl (C=O) groups excluding carboxylic acids is 1. The number of hydrogen-bond donors (Lipinski definition) is 1. The van der Waals surface area contributed by atoms with Crippen molar-refractivity contribution in [3.63, 3.8) is 0 Å². The van der Waals surface area contributed by atoms with Gasteiger partial charge < -0.3 is 5.32 Å². The minimum atomic E-state index is -3.70. The summed E-state index contributed by atoms with van der Waals surface area (Å²) in [6, 6.07) is 13.0. The zero-order chi connectivity index (χ0) is 20.3. The maximum atomic E-state index is 12.9. The topological polar surface area (TPSA) is 69.7 Å². The molecule has 0 bridgehead atoms. The Hall–Kier alpha value is -1.93. The highest BCUT2D eigenvalue weighted by molar-refractivity contribution is 7.86. The van der Waals surface area contributed by atoms with Crippen LogP contribution in [0.2, 0.25) is 5.02 Å². The first-order valence-electron chi connectivity index (χ1n) is 9.12. The van der Waals surface area contributed by atoms with Crippen molar-refractivity contribution in [1.29, 1.82) is 0 Å². The molecule has 1 saturated heterocycles. The number of amides is 1. The fourth-order valence-electron chi connectivity index (χ4n) is 3.07. The van der Waals surface area contributed by atoms with E-state index in [-0.39, 0.29) is 12.5 Å². The van der Waals surface area contributed by atoms with E-state index in [9.17, 15) is 13.2 Å². The van der Waals surface area contributed by atoms with Crippen molar-refractivity contribution in [2.24, 2.45) is 0 Å². The summed E-state index contributed by atoms with van der Waals surface area (Å²) >= 11 is 6.08. The molecule has 0 saturated carbocycles. The lowest BCUT2D eigenvalue weighted by Gasteiger charge is -2.34. The molecule has 2 aromatic rings. The molecule has 1 amide bonds. The summed E-state index contributed by atoms with van der Waals surface area (Å²) in [4.78, 5) is 12.4. The van der Waals surface area contributed by atoms with Crippen molar-refractivity contribution in [2.45, 2.75) is 26.8 Å². The Balaban J connectivity index is 1.66. The van der Waals surface area contributed by atoms with Crippen molar-refractivity contribution in [3.8, 4) is 0 Å². The average molecular weight is 422 g/mol. The predicted octanol–water partition coefficient (Wildman–Crippen LogP) is 3.35. The highest BCUT2D eigenvalue weighted by Crippen LogP contribution is 2.22. The van der Waals surface area contributed by atoms with Gasteiger partial charge in [0.05, 0.1) is 6.54 Å². The number of nitrogens with zero attached hydrogens (tertiary/aromatic N) is 2. The smallest absolute Gasteiger partial charge is 0.282 e. The van der Waals surface area contributed by atoms with Gasteiger partial charge >= 0.3 is 0 Å². The number of anilines is 1. The van der Waals surface area contributed by atoms with Gasteiger partial charge in [0.15, 0.2) is 0 Å². The van der Waals surface area contributed by atoms with E-state index in [1.54, 1.807) is 18.2 Å². The van der Waals surface area contributed by atoms with Crippen molar-refractivity contribution < 1.29 is 13.2 Å². The molecule has 0 radical (unpaired) electrons. The summed E-state index contributed by atoms with van der Waals surface area (Å²) in [7, 11) is -3.70. The van der Waals surface area contributed by atoms with Gasteiger partial charge in [-0.25, -0.2) is 0 Å². The summed E-state index contributed by atoms with van der Waals surface area (Å²) in [5.41, 5.74) is 3.51. The van der Waals surface area contributed by atoms with Crippen LogP contribution in [0.25, 0.3) is 0 Å². The van der Waals surface area contributed by atoms with Crippen LogP contribution in [0.1, 0.15) is 23.1 Å². The lowest BCUT2D eigenvalue weighted by molar-refractivity contribution is -0.116. The molecule has 8 heteroatoms. The number of hydrogen-bond acceptors (Lipinski definition) is 3. The van der Waals surface area contributed by atoms with Gasteiger partial charge in [-0.2, -0.15) is 17.0 Å². The molecular weight excluding hydrogens is 398 g/mol. The van der Waals surface area contributed by atoms with Crippen LogP contribution in [0, 0.1) is 13.8 Å². The standard InChI is InChI=1S/C20H24ClN3O3S/c1-15-4-7-17(8-5-15)13-23-10-3-11-24(28(23,26)27)14-20(25)22-18-9-6-16(2)19(21)12-18/h4-9,12H,3,10-11,13-14H2,1-2H3,(H,22,25). The number of carbonyl (C=O) groups is 1. The quantitative estimate of drug-likeness (QED) is 0.804. The van der Waals surface area contributed by atoms with E-state index in [4.69, 9.17) is 11.6 Å². The number of rotatable bonds is 5. The molecule has 0 aliphatic carbocycles. The van der Waals surface area contributed by atoms with Gasteiger partial charge in [-0.1, -0.05) is 47.5 Å². The largest absolute Gasteiger partial charge is 0.325 e. The van der Waals surface area contributed by atoms with Crippen LogP contribution >= 0.6 is 11.6 Å². The molecule has 0 unspecified atom stereocenters. The normalized spacial score (nSPS) is 17.4. The van der Waals surface area contributed by atoms with E-state index < -0.39 is 10.2 Å². The molecule has 150 valence electrons. The van der Waals surface area contributed by atoms with Gasteiger partial charge in [0.1, 0.15) is 0 Å². The molecule has 0 atom stereocenters. The third kappa shape index (κ3) is 4.91. The summed E-state index contributed by atoms with van der Waals surface area (Å²) in [5.74, 6) is -0.388. The Morgan fingerprint density at radius 3 is 2.43 bits per heavy atom. The number of benzene rings is 2. The summed E-state index contributed by atoms with van der Waals surface area (Å²) in [5, 5.41) is 3.27. The molecule has 0 aromatic heterocycles. The maximum absolute atomic E-state index is 12.9. The van der Waals surface area contributed by atoms with E-state index in [0.29, 0.717) is 36.8 Å². The van der Waals surface area contributed by atoms with Gasteiger partial charge in [-0.15, -0.1) is 0 Å². The molecular formula is C20H24ClN3O3S. The fraction of sp³-hybridized carbons (Fsp3) is 0.350. The molecule has 0 spiro atoms. The molecule has 28 heavy (non-hydrogen) atoms. The highest BCUT2D eigenvalue weighted by Gasteiger charge is 2.34. The Bertz CT molecular complexity index is 961. The first-order valence-corrected chi connectivity index (χ1v) is 10.9. The van der Waals surface area contributed by atoms with Crippen LogP contribution in [0.5, 0.6) is 0 Å². The Kier molecular flexibility index (Phi) is 6.40. The minimum absolute atomic E-state index is 0.224. The SMILES string of the molecule is Cc1ccc(CN2CCCN(CC(=O)Nc3ccc(C)c(Cl)c3)S2(=O)=O)cc1. The molecule has 2 aromatic carbocycles. The second-order valence-corrected chi connectivity index (χ2v) is 9.36. The molecule has 1 aliphatic rings. The molecule has 1 heterocycles. The fourth-order valence-corrected chi connectivity index (χ4v) is 4.89. The molecule has 3 rings (SSSR count). The van der Waals surface area contributed by atoms with E-state index in [1.165, 1.54) is 8.61 Å². The third-order valence-electron chi connectivity index (χ3n) is 4.72. The van der Waals surface area contributed by atoms with Gasteiger partial charge in [-0.3, -0.25) is 4.79 Å². The first-order chi connectivity index (χ1) is 13.3. The van der Waals surface area contributed by atoms with Gasteiger partial charge in [0.2, 0.25) is 5.91 Å². The zero-order valence-electron chi connectivity index (χ0n) is 16.0. The van der Waals surface area contributed by atoms with Crippen LogP contribution in [-0.2, 0) is 21.5 Å². The van der Waals surface area contributed by atoms with Gasteiger partial charge in [-0.05, 0) is 43.5 Å². The average Bonchev–Trinajstić information content (AvgIpc) is 2.63. The minimum Gasteiger partial charge on any atom is -0.325 e. The second kappa shape index (κ2) is 8.61. The lowest BCUT2D eigenvalue weighted by Crippen LogP contribution is -2.51. The third-order valence-corrected chi connectivity index (χ3v) is 7.06. The number of aryl methyl sites for hydroxylation is 2. The Morgan fingerprint density at radius 1 is 1.07 bits per heavy atom. The van der Waals surface area contributed by atoms with E-state index in [2.05, 4.69) is 5.32 Å². The summed E-state index contributed by atoms with van der Waals surface area (Å²) in [6.07, 6.45) is 0.675. The van der Waals surface area contributed by atoms with Crippen molar-refractivity contribution >= 4 is 33.4 Å². The molecule has 6 nitrogen and oxygen atoms in total. The van der Waals surface area contributed by atoms with Crippen molar-refractivity contribution in [2.75, 3.05) is 25.0 Å². The second-order valence-electron chi connectivity index (χ2n) is 7.03. The Labute approximate surface area is 171 Å². The van der Waals surface area contributed by atoms with Gasteiger partial charge in [0.25, 0.3) is 10.2 Å². The van der Waals surface area contributed by atoms with Crippen LogP contribution in [0.15, 0.2) is 42.5 Å². The van der Waals surface area contributed by atoms with E-state index in [0.717, 1.165) is 16.7 Å². The Morgan fingerprint density at radius 2 is 1.75 bits per heavy atom. The monoisotopic (exact) mass is 421 g/mol. The predicted molar refractivity (Wildman–Crippen MR) is 112 cm³/mol. The highest BCUT2D eigenvalue weighted by atomic mass is 35.5. The van der Waals surface area contributed by atoms with E-state index in [1.807, 2.05) is 38.1 Å². The number of nitrogens with one attached hydrogen (secondary N) is 1. The van der Waals surface area contributed by atoms with Crippen LogP contribution in [0.3, 0.4) is 0 Å². The summed E-state index contributed by atoms with van der Waals surface area (Å²) in [6.45, 7) is 4.71. The van der Waals surface area contributed by atoms with Crippen LogP contribution in [0.4, 0.5) is 5.69 Å². The first kappa shape index (κ1) is 20.8. The van der Waals surface area contributed by atoms with Gasteiger partial charge in [0, 0.05) is 30.3 Å². The van der Waals surface area contributed by atoms with Crippen molar-refractivity contribution in [1.82, 2.24) is 8.61 Å². The summed E-state index contributed by atoms with van der Waals surface area (Å²) < 4.78 is 28.5. The van der Waals surface area contributed by atoms with Crippen LogP contribution in [-0.4, -0.2) is 42.6 Å². The maximum Gasteiger partial charge on any atom is 0.282 e. The van der Waals surface area contributed by atoms with Crippen LogP contribution < -0.4 is 5.32 Å². The molecule has 1 N–H and O–H groups in total. The number of halogens is 1. The zero-order valence-corrected chi connectivity index (χ0v) is 17.6.